The number of nitrogens with zero attached hydrogens (tertiary/aromatic N) is 1. The highest BCUT2D eigenvalue weighted by Crippen LogP contribution is 2.33. The lowest BCUT2D eigenvalue weighted by Crippen LogP contribution is -2.52. The van der Waals surface area contributed by atoms with E-state index < -0.39 is 5.54 Å². The molecule has 1 aliphatic heterocycles. The van der Waals surface area contributed by atoms with Crippen molar-refractivity contribution in [2.45, 2.75) is 24.8 Å². The Morgan fingerprint density at radius 1 is 1.35 bits per heavy atom. The van der Waals surface area contributed by atoms with Gasteiger partial charge in [0.25, 0.3) is 0 Å². The number of hydrogen-bond acceptors (Lipinski definition) is 3. The van der Waals surface area contributed by atoms with Crippen molar-refractivity contribution in [1.29, 1.82) is 0 Å². The summed E-state index contributed by atoms with van der Waals surface area (Å²) < 4.78 is 5.32. The van der Waals surface area contributed by atoms with Crippen molar-refractivity contribution in [3.05, 3.63) is 42.0 Å². The molecule has 5 heteroatoms. The van der Waals surface area contributed by atoms with E-state index in [-0.39, 0.29) is 18.2 Å². The smallest absolute Gasteiger partial charge is 0.247 e. The van der Waals surface area contributed by atoms with Crippen molar-refractivity contribution >= 4 is 17.9 Å². The molecule has 23 heavy (non-hydrogen) atoms. The minimum Gasteiger partial charge on any atom is -0.382 e. The molecular weight excluding hydrogens is 292 g/mol. The van der Waals surface area contributed by atoms with E-state index in [1.807, 2.05) is 30.3 Å². The van der Waals surface area contributed by atoms with Crippen LogP contribution in [-0.2, 0) is 14.3 Å². The van der Waals surface area contributed by atoms with E-state index in [2.05, 4.69) is 5.32 Å². The van der Waals surface area contributed by atoms with Gasteiger partial charge in [-0.05, 0) is 24.5 Å². The van der Waals surface area contributed by atoms with Crippen LogP contribution < -0.4 is 5.32 Å². The Kier molecular flexibility index (Phi) is 5.93. The van der Waals surface area contributed by atoms with Gasteiger partial charge in [0.15, 0.2) is 0 Å². The van der Waals surface area contributed by atoms with Crippen LogP contribution >= 0.6 is 0 Å². The van der Waals surface area contributed by atoms with Crippen LogP contribution in [0.25, 0.3) is 6.08 Å². The summed E-state index contributed by atoms with van der Waals surface area (Å²) in [6.45, 7) is 1.02. The van der Waals surface area contributed by atoms with Gasteiger partial charge in [-0.3, -0.25) is 9.59 Å². The second-order valence-corrected chi connectivity index (χ2v) is 5.84. The lowest BCUT2D eigenvalue weighted by molar-refractivity contribution is -0.135. The molecule has 1 heterocycles. The van der Waals surface area contributed by atoms with Gasteiger partial charge in [-0.1, -0.05) is 30.3 Å². The van der Waals surface area contributed by atoms with Crippen LogP contribution in [-0.4, -0.2) is 49.6 Å². The maximum Gasteiger partial charge on any atom is 0.247 e. The maximum absolute atomic E-state index is 12.6. The molecule has 1 fully saturated rings. The quantitative estimate of drug-likeness (QED) is 0.815. The van der Waals surface area contributed by atoms with Gasteiger partial charge in [-0.25, -0.2) is 0 Å². The number of methoxy groups -OCH3 is 1. The average molecular weight is 316 g/mol. The number of likely N-dealkylation sites (tertiary alicyclic amines) is 1. The van der Waals surface area contributed by atoms with Gasteiger partial charge in [0.2, 0.25) is 11.8 Å². The number of benzene rings is 1. The number of carbonyl (C=O) groups is 2. The molecular formula is C18H24N2O3. The third kappa shape index (κ3) is 4.20. The van der Waals surface area contributed by atoms with Crippen molar-refractivity contribution < 1.29 is 14.3 Å². The van der Waals surface area contributed by atoms with E-state index in [9.17, 15) is 9.59 Å². The molecule has 124 valence electrons. The first-order chi connectivity index (χ1) is 11.1. The molecule has 2 amide bonds. The van der Waals surface area contributed by atoms with Crippen LogP contribution in [0.2, 0.25) is 0 Å². The molecule has 1 aromatic carbocycles. The molecule has 1 saturated heterocycles. The van der Waals surface area contributed by atoms with Crippen molar-refractivity contribution in [2.75, 3.05) is 27.3 Å². The van der Waals surface area contributed by atoms with Gasteiger partial charge >= 0.3 is 0 Å². The maximum atomic E-state index is 12.6. The molecule has 1 atom stereocenters. The van der Waals surface area contributed by atoms with E-state index >= 15 is 0 Å². The van der Waals surface area contributed by atoms with Crippen molar-refractivity contribution in [3.8, 4) is 0 Å². The van der Waals surface area contributed by atoms with Crippen LogP contribution in [0.1, 0.15) is 24.8 Å². The Hall–Kier alpha value is -2.14. The minimum atomic E-state index is -0.549. The zero-order valence-electron chi connectivity index (χ0n) is 13.7. The Labute approximate surface area is 137 Å². The molecule has 1 aliphatic rings. The van der Waals surface area contributed by atoms with Crippen LogP contribution in [0.4, 0.5) is 0 Å². The normalized spacial score (nSPS) is 20.9. The summed E-state index contributed by atoms with van der Waals surface area (Å²) >= 11 is 0. The molecule has 5 nitrogen and oxygen atoms in total. The number of rotatable bonds is 6. The summed E-state index contributed by atoms with van der Waals surface area (Å²) in [6.07, 6.45) is 5.31. The molecule has 1 N–H and O–H groups in total. The van der Waals surface area contributed by atoms with E-state index in [1.165, 1.54) is 0 Å². The fourth-order valence-corrected chi connectivity index (χ4v) is 3.14. The van der Waals surface area contributed by atoms with Gasteiger partial charge in [0, 0.05) is 26.8 Å². The topological polar surface area (TPSA) is 58.6 Å². The number of amides is 2. The van der Waals surface area contributed by atoms with E-state index in [0.29, 0.717) is 13.2 Å². The van der Waals surface area contributed by atoms with Gasteiger partial charge < -0.3 is 15.0 Å². The monoisotopic (exact) mass is 316 g/mol. The number of hydrogen-bond donors (Lipinski definition) is 1. The van der Waals surface area contributed by atoms with Crippen LogP contribution in [0.15, 0.2) is 36.4 Å². The van der Waals surface area contributed by atoms with Crippen LogP contribution in [0.3, 0.4) is 0 Å². The van der Waals surface area contributed by atoms with Gasteiger partial charge in [-0.15, -0.1) is 0 Å². The predicted molar refractivity (Wildman–Crippen MR) is 89.7 cm³/mol. The number of ether oxygens (including phenoxy) is 1. The molecule has 0 aliphatic carbocycles. The number of carbonyl (C=O) groups excluding carboxylic acids is 2. The lowest BCUT2D eigenvalue weighted by atomic mass is 9.92. The first-order valence-corrected chi connectivity index (χ1v) is 7.85. The summed E-state index contributed by atoms with van der Waals surface area (Å²) in [5, 5.41) is 2.64. The summed E-state index contributed by atoms with van der Waals surface area (Å²) in [4.78, 5) is 26.3. The minimum absolute atomic E-state index is 0.0752. The molecule has 0 bridgehead atoms. The molecule has 0 aromatic heterocycles. The summed E-state index contributed by atoms with van der Waals surface area (Å²) in [6, 6.07) is 9.69. The lowest BCUT2D eigenvalue weighted by Gasteiger charge is -2.37. The highest BCUT2D eigenvalue weighted by molar-refractivity contribution is 5.93. The van der Waals surface area contributed by atoms with Crippen LogP contribution in [0, 0.1) is 0 Å². The van der Waals surface area contributed by atoms with E-state index in [1.54, 1.807) is 31.2 Å². The SMILES string of the molecule is CNC(=O)C[C@]1(COC)CCCN1C(=O)/C=C/c1ccccc1. The van der Waals surface area contributed by atoms with Crippen molar-refractivity contribution in [3.63, 3.8) is 0 Å². The van der Waals surface area contributed by atoms with Crippen molar-refractivity contribution in [2.24, 2.45) is 0 Å². The zero-order valence-corrected chi connectivity index (χ0v) is 13.7. The summed E-state index contributed by atoms with van der Waals surface area (Å²) in [5.74, 6) is -0.152. The van der Waals surface area contributed by atoms with E-state index in [0.717, 1.165) is 18.4 Å². The van der Waals surface area contributed by atoms with Gasteiger partial charge in [0.1, 0.15) is 0 Å². The van der Waals surface area contributed by atoms with Gasteiger partial charge in [-0.2, -0.15) is 0 Å². The zero-order chi connectivity index (χ0) is 16.7. The third-order valence-corrected chi connectivity index (χ3v) is 4.26. The molecule has 0 saturated carbocycles. The average Bonchev–Trinajstić information content (AvgIpc) is 2.97. The van der Waals surface area contributed by atoms with Gasteiger partial charge in [0.05, 0.1) is 18.6 Å². The third-order valence-electron chi connectivity index (χ3n) is 4.26. The highest BCUT2D eigenvalue weighted by atomic mass is 16.5. The Morgan fingerprint density at radius 2 is 2.09 bits per heavy atom. The fraction of sp³-hybridized carbons (Fsp3) is 0.444. The Morgan fingerprint density at radius 3 is 2.74 bits per heavy atom. The fourth-order valence-electron chi connectivity index (χ4n) is 3.14. The second-order valence-electron chi connectivity index (χ2n) is 5.84. The van der Waals surface area contributed by atoms with Crippen molar-refractivity contribution in [1.82, 2.24) is 10.2 Å². The molecule has 0 radical (unpaired) electrons. The first kappa shape index (κ1) is 17.2. The van der Waals surface area contributed by atoms with E-state index in [4.69, 9.17) is 4.74 Å². The standard InChI is InChI=1S/C18H24N2O3/c1-19-16(21)13-18(14-23-2)11-6-12-20(18)17(22)10-9-15-7-4-3-5-8-15/h3-5,7-10H,6,11-14H2,1-2H3,(H,19,21)/b10-9+/t18-/m0/s1. The first-order valence-electron chi connectivity index (χ1n) is 7.85. The summed E-state index contributed by atoms with van der Waals surface area (Å²) in [7, 11) is 3.21. The molecule has 0 unspecified atom stereocenters. The summed E-state index contributed by atoms with van der Waals surface area (Å²) in [5.41, 5.74) is 0.427. The highest BCUT2D eigenvalue weighted by Gasteiger charge is 2.44. The molecule has 2 rings (SSSR count). The molecule has 1 aromatic rings. The van der Waals surface area contributed by atoms with Crippen LogP contribution in [0.5, 0.6) is 0 Å². The Bertz CT molecular complexity index is 571. The second kappa shape index (κ2) is 7.92. The Balaban J connectivity index is 2.15. The molecule has 0 spiro atoms. The number of nitrogens with one attached hydrogen (secondary N) is 1. The predicted octanol–water partition coefficient (Wildman–Crippen LogP) is 1.84. The largest absolute Gasteiger partial charge is 0.382 e.